The second-order valence-electron chi connectivity index (χ2n) is 3.74. The molecule has 1 rings (SSSR count). The number of nitrogens with zero attached hydrogens (tertiary/aromatic N) is 1. The predicted molar refractivity (Wildman–Crippen MR) is 64.5 cm³/mol. The number of rotatable bonds is 4. The van der Waals surface area contributed by atoms with Crippen LogP contribution in [-0.2, 0) is 16.2 Å². The van der Waals surface area contributed by atoms with E-state index in [-0.39, 0.29) is 6.61 Å². The lowest BCUT2D eigenvalue weighted by Gasteiger charge is -2.16. The number of alkyl halides is 7. The molecule has 1 heterocycles. The summed E-state index contributed by atoms with van der Waals surface area (Å²) in [6.45, 7) is 1.08. The largest absolute Gasteiger partial charge is 0.573 e. The summed E-state index contributed by atoms with van der Waals surface area (Å²) in [6, 6.07) is 0.449. The number of halogens is 7. The normalized spacial score (nSPS) is 12.2. The standard InChI is InChI=1S/C11H8BrF6NO3/c1-2-21-9(20)7-6(22-11(16,17)18)3-5(4-12)8(19-7)10(13,14)15/h3H,2,4H2,1H3. The third kappa shape index (κ3) is 4.75. The molecular weight excluding hydrogens is 388 g/mol. The molecule has 0 N–H and O–H groups in total. The maximum Gasteiger partial charge on any atom is 0.573 e. The molecule has 124 valence electrons. The molecule has 22 heavy (non-hydrogen) atoms. The van der Waals surface area contributed by atoms with Crippen LogP contribution in [0.3, 0.4) is 0 Å². The Bertz CT molecular complexity index is 558. The fraction of sp³-hybridized carbons (Fsp3) is 0.455. The highest BCUT2D eigenvalue weighted by Crippen LogP contribution is 2.36. The predicted octanol–water partition coefficient (Wildman–Crippen LogP) is 4.07. The SMILES string of the molecule is CCOC(=O)c1nc(C(F)(F)F)c(CBr)cc1OC(F)(F)F. The lowest BCUT2D eigenvalue weighted by Crippen LogP contribution is -2.23. The highest BCUT2D eigenvalue weighted by atomic mass is 79.9. The van der Waals surface area contributed by atoms with Crippen molar-refractivity contribution in [3.8, 4) is 5.75 Å². The molecule has 0 bridgehead atoms. The van der Waals surface area contributed by atoms with Crippen molar-refractivity contribution in [2.24, 2.45) is 0 Å². The molecule has 0 spiro atoms. The Morgan fingerprint density at radius 3 is 2.27 bits per heavy atom. The smallest absolute Gasteiger partial charge is 0.461 e. The van der Waals surface area contributed by atoms with Crippen molar-refractivity contribution < 1.29 is 40.6 Å². The maximum atomic E-state index is 12.8. The van der Waals surface area contributed by atoms with Gasteiger partial charge in [-0.3, -0.25) is 0 Å². The van der Waals surface area contributed by atoms with Gasteiger partial charge in [-0.25, -0.2) is 9.78 Å². The van der Waals surface area contributed by atoms with Gasteiger partial charge in [-0.15, -0.1) is 13.2 Å². The monoisotopic (exact) mass is 395 g/mol. The van der Waals surface area contributed by atoms with Crippen molar-refractivity contribution in [1.29, 1.82) is 0 Å². The molecule has 0 atom stereocenters. The molecule has 4 nitrogen and oxygen atoms in total. The first-order chi connectivity index (χ1) is 9.99. The summed E-state index contributed by atoms with van der Waals surface area (Å²) in [5, 5.41) is -0.438. The third-order valence-corrected chi connectivity index (χ3v) is 2.78. The van der Waals surface area contributed by atoms with Gasteiger partial charge in [0.1, 0.15) is 5.69 Å². The molecule has 0 saturated heterocycles. The molecule has 1 aromatic heterocycles. The summed E-state index contributed by atoms with van der Waals surface area (Å²) in [6.07, 6.45) is -10.2. The van der Waals surface area contributed by atoms with Crippen molar-refractivity contribution in [1.82, 2.24) is 4.98 Å². The molecule has 0 aliphatic heterocycles. The molecule has 11 heteroatoms. The number of carbonyl (C=O) groups excluding carboxylic acids is 1. The number of ether oxygens (including phenoxy) is 2. The quantitative estimate of drug-likeness (QED) is 0.438. The topological polar surface area (TPSA) is 48.4 Å². The Labute approximate surface area is 128 Å². The molecule has 1 aromatic rings. The van der Waals surface area contributed by atoms with Crippen LogP contribution in [0.5, 0.6) is 5.75 Å². The Morgan fingerprint density at radius 2 is 1.86 bits per heavy atom. The van der Waals surface area contributed by atoms with E-state index in [9.17, 15) is 31.1 Å². The molecule has 0 amide bonds. The van der Waals surface area contributed by atoms with E-state index in [4.69, 9.17) is 0 Å². The second-order valence-corrected chi connectivity index (χ2v) is 4.30. The zero-order valence-corrected chi connectivity index (χ0v) is 12.4. The minimum Gasteiger partial charge on any atom is -0.461 e. The number of hydrogen-bond acceptors (Lipinski definition) is 4. The Hall–Kier alpha value is -1.52. The number of esters is 1. The summed E-state index contributed by atoms with van der Waals surface area (Å²) in [4.78, 5) is 14.5. The average molecular weight is 396 g/mol. The maximum absolute atomic E-state index is 12.8. The van der Waals surface area contributed by atoms with E-state index in [1.807, 2.05) is 0 Å². The van der Waals surface area contributed by atoms with E-state index in [0.717, 1.165) is 0 Å². The molecule has 0 radical (unpaired) electrons. The van der Waals surface area contributed by atoms with E-state index in [0.29, 0.717) is 6.07 Å². The Morgan fingerprint density at radius 1 is 1.27 bits per heavy atom. The van der Waals surface area contributed by atoms with E-state index < -0.39 is 46.5 Å². The van der Waals surface area contributed by atoms with Crippen LogP contribution in [0.25, 0.3) is 0 Å². The van der Waals surface area contributed by atoms with Gasteiger partial charge in [0.05, 0.1) is 6.61 Å². The number of pyridine rings is 1. The van der Waals surface area contributed by atoms with Crippen molar-refractivity contribution in [3.63, 3.8) is 0 Å². The third-order valence-electron chi connectivity index (χ3n) is 2.17. The molecule has 0 unspecified atom stereocenters. The van der Waals surface area contributed by atoms with Gasteiger partial charge in [0.15, 0.2) is 11.4 Å². The van der Waals surface area contributed by atoms with Crippen molar-refractivity contribution >= 4 is 21.9 Å². The molecule has 0 aliphatic carbocycles. The summed E-state index contributed by atoms with van der Waals surface area (Å²) in [7, 11) is 0. The lowest BCUT2D eigenvalue weighted by molar-refractivity contribution is -0.274. The Balaban J connectivity index is 3.50. The minimum absolute atomic E-state index is 0.256. The van der Waals surface area contributed by atoms with Crippen LogP contribution in [-0.4, -0.2) is 23.9 Å². The Kier molecular flexibility index (Phi) is 5.65. The van der Waals surface area contributed by atoms with Crippen LogP contribution in [0.2, 0.25) is 0 Å². The van der Waals surface area contributed by atoms with Crippen LogP contribution in [0.15, 0.2) is 6.07 Å². The van der Waals surface area contributed by atoms with Gasteiger partial charge >= 0.3 is 18.5 Å². The van der Waals surface area contributed by atoms with Gasteiger partial charge in [0, 0.05) is 5.33 Å². The molecular formula is C11H8BrF6NO3. The van der Waals surface area contributed by atoms with E-state index >= 15 is 0 Å². The number of carbonyl (C=O) groups is 1. The average Bonchev–Trinajstić information content (AvgIpc) is 2.35. The molecule has 0 aliphatic rings. The van der Waals surface area contributed by atoms with Gasteiger partial charge in [-0.2, -0.15) is 13.2 Å². The van der Waals surface area contributed by atoms with Gasteiger partial charge in [0.25, 0.3) is 0 Å². The van der Waals surface area contributed by atoms with Crippen LogP contribution >= 0.6 is 15.9 Å². The first-order valence-electron chi connectivity index (χ1n) is 5.59. The fourth-order valence-corrected chi connectivity index (χ4v) is 1.86. The molecule has 0 saturated carbocycles. The first kappa shape index (κ1) is 18.5. The van der Waals surface area contributed by atoms with Crippen LogP contribution in [0.4, 0.5) is 26.3 Å². The number of hydrogen-bond donors (Lipinski definition) is 0. The van der Waals surface area contributed by atoms with Crippen LogP contribution < -0.4 is 4.74 Å². The van der Waals surface area contributed by atoms with Crippen LogP contribution in [0.1, 0.15) is 28.7 Å². The first-order valence-corrected chi connectivity index (χ1v) is 6.71. The van der Waals surface area contributed by atoms with Crippen LogP contribution in [0, 0.1) is 0 Å². The van der Waals surface area contributed by atoms with E-state index in [1.54, 1.807) is 0 Å². The number of aromatic nitrogens is 1. The summed E-state index contributed by atoms with van der Waals surface area (Å²) in [5.41, 5.74) is -3.31. The summed E-state index contributed by atoms with van der Waals surface area (Å²) in [5.74, 6) is -2.61. The zero-order chi connectivity index (χ0) is 17.1. The minimum atomic E-state index is -5.20. The van der Waals surface area contributed by atoms with E-state index in [2.05, 4.69) is 30.4 Å². The highest BCUT2D eigenvalue weighted by Gasteiger charge is 2.39. The van der Waals surface area contributed by atoms with Gasteiger partial charge < -0.3 is 9.47 Å². The fourth-order valence-electron chi connectivity index (χ4n) is 1.43. The lowest BCUT2D eigenvalue weighted by atomic mass is 10.1. The summed E-state index contributed by atoms with van der Waals surface area (Å²) >= 11 is 2.71. The summed E-state index contributed by atoms with van der Waals surface area (Å²) < 4.78 is 83.4. The van der Waals surface area contributed by atoms with Crippen molar-refractivity contribution in [2.75, 3.05) is 6.61 Å². The molecule has 0 fully saturated rings. The zero-order valence-electron chi connectivity index (χ0n) is 10.8. The second kappa shape index (κ2) is 6.71. The van der Waals surface area contributed by atoms with Gasteiger partial charge in [-0.05, 0) is 18.6 Å². The van der Waals surface area contributed by atoms with Crippen molar-refractivity contribution in [2.45, 2.75) is 24.8 Å². The van der Waals surface area contributed by atoms with Crippen molar-refractivity contribution in [3.05, 3.63) is 23.0 Å². The van der Waals surface area contributed by atoms with Gasteiger partial charge in [0.2, 0.25) is 0 Å². The highest BCUT2D eigenvalue weighted by molar-refractivity contribution is 9.08. The molecule has 0 aromatic carbocycles. The van der Waals surface area contributed by atoms with Gasteiger partial charge in [-0.1, -0.05) is 15.9 Å². The van der Waals surface area contributed by atoms with E-state index in [1.165, 1.54) is 6.92 Å².